The lowest BCUT2D eigenvalue weighted by Crippen LogP contribution is -1.84. The zero-order valence-electron chi connectivity index (χ0n) is 12.6. The molecule has 0 spiro atoms. The topological polar surface area (TPSA) is 12.4 Å². The van der Waals surface area contributed by atoms with Crippen LogP contribution in [0.4, 0.5) is 0 Å². The van der Waals surface area contributed by atoms with Gasteiger partial charge in [-0.2, -0.15) is 0 Å². The molecule has 0 atom stereocenters. The van der Waals surface area contributed by atoms with Crippen LogP contribution in [0.25, 0.3) is 0 Å². The molecule has 0 aliphatic rings. The Bertz CT molecular complexity index is 293. The van der Waals surface area contributed by atoms with Gasteiger partial charge in [0.25, 0.3) is 0 Å². The van der Waals surface area contributed by atoms with Gasteiger partial charge in [0, 0.05) is 6.21 Å². The zero-order chi connectivity index (χ0) is 15.0. The first-order valence-corrected chi connectivity index (χ1v) is 6.34. The Labute approximate surface area is 114 Å². The summed E-state index contributed by atoms with van der Waals surface area (Å²) in [5.74, 6) is 0. The van der Waals surface area contributed by atoms with E-state index < -0.39 is 0 Å². The third-order valence-electron chi connectivity index (χ3n) is 1.71. The molecule has 18 heavy (non-hydrogen) atoms. The van der Waals surface area contributed by atoms with Gasteiger partial charge in [-0.25, -0.2) is 0 Å². The predicted octanol–water partition coefficient (Wildman–Crippen LogP) is 5.89. The molecule has 0 aliphatic carbocycles. The number of nitrogens with zero attached hydrogens (tertiary/aromatic N) is 1. The molecule has 0 saturated carbocycles. The number of hydrogen-bond acceptors (Lipinski definition) is 1. The SMILES string of the molecule is C=C.C=C(C=NC(=C)C(=C)/C=C\C)CCC.CC. The molecular weight excluding hydrogens is 218 g/mol. The largest absolute Gasteiger partial charge is 0.257 e. The molecule has 0 fully saturated rings. The summed E-state index contributed by atoms with van der Waals surface area (Å²) in [5, 5.41) is 0. The van der Waals surface area contributed by atoms with Crippen molar-refractivity contribution in [2.75, 3.05) is 0 Å². The van der Waals surface area contributed by atoms with Crippen molar-refractivity contribution in [3.05, 3.63) is 61.9 Å². The van der Waals surface area contributed by atoms with Crippen molar-refractivity contribution in [2.24, 2.45) is 4.99 Å². The normalized spacial score (nSPS) is 9.11. The van der Waals surface area contributed by atoms with Crippen molar-refractivity contribution in [1.82, 2.24) is 0 Å². The van der Waals surface area contributed by atoms with Gasteiger partial charge in [-0.3, -0.25) is 4.99 Å². The van der Waals surface area contributed by atoms with Gasteiger partial charge in [-0.1, -0.05) is 59.1 Å². The maximum absolute atomic E-state index is 4.19. The van der Waals surface area contributed by atoms with Crippen LogP contribution in [0.5, 0.6) is 0 Å². The first-order valence-electron chi connectivity index (χ1n) is 6.34. The summed E-state index contributed by atoms with van der Waals surface area (Å²) >= 11 is 0. The molecule has 0 aromatic carbocycles. The quantitative estimate of drug-likeness (QED) is 0.315. The Kier molecular flexibility index (Phi) is 21.3. The molecule has 0 heterocycles. The van der Waals surface area contributed by atoms with Gasteiger partial charge in [0.05, 0.1) is 5.70 Å². The summed E-state index contributed by atoms with van der Waals surface area (Å²) in [6, 6.07) is 0. The van der Waals surface area contributed by atoms with Crippen LogP contribution in [0, 0.1) is 0 Å². The lowest BCUT2D eigenvalue weighted by Gasteiger charge is -1.98. The van der Waals surface area contributed by atoms with Crippen LogP contribution in [0.1, 0.15) is 40.5 Å². The number of aliphatic imine (C=N–C) groups is 1. The van der Waals surface area contributed by atoms with E-state index >= 15 is 0 Å². The summed E-state index contributed by atoms with van der Waals surface area (Å²) < 4.78 is 0. The monoisotopic (exact) mass is 247 g/mol. The molecule has 0 N–H and O–H groups in total. The molecule has 0 aromatic rings. The van der Waals surface area contributed by atoms with E-state index in [9.17, 15) is 0 Å². The number of hydrogen-bond donors (Lipinski definition) is 0. The fraction of sp³-hybridized carbons (Fsp3) is 0.353. The van der Waals surface area contributed by atoms with Crippen molar-refractivity contribution in [2.45, 2.75) is 40.5 Å². The van der Waals surface area contributed by atoms with Gasteiger partial charge in [-0.15, -0.1) is 13.2 Å². The molecule has 0 radical (unpaired) electrons. The van der Waals surface area contributed by atoms with Gasteiger partial charge >= 0.3 is 0 Å². The van der Waals surface area contributed by atoms with Crippen molar-refractivity contribution in [1.29, 1.82) is 0 Å². The van der Waals surface area contributed by atoms with E-state index in [1.807, 2.05) is 32.9 Å². The van der Waals surface area contributed by atoms with E-state index in [1.54, 1.807) is 6.21 Å². The average Bonchev–Trinajstić information content (AvgIpc) is 2.41. The van der Waals surface area contributed by atoms with E-state index in [0.29, 0.717) is 5.70 Å². The third-order valence-corrected chi connectivity index (χ3v) is 1.71. The maximum atomic E-state index is 4.19. The Hall–Kier alpha value is -1.63. The van der Waals surface area contributed by atoms with Crippen LogP contribution in [0.3, 0.4) is 0 Å². The van der Waals surface area contributed by atoms with Crippen LogP contribution in [0.2, 0.25) is 0 Å². The van der Waals surface area contributed by atoms with Crippen LogP contribution in [-0.2, 0) is 0 Å². The van der Waals surface area contributed by atoms with Gasteiger partial charge < -0.3 is 0 Å². The Morgan fingerprint density at radius 2 is 1.61 bits per heavy atom. The highest BCUT2D eigenvalue weighted by Gasteiger charge is 1.92. The fourth-order valence-corrected chi connectivity index (χ4v) is 0.935. The summed E-state index contributed by atoms with van der Waals surface area (Å²) in [7, 11) is 0. The van der Waals surface area contributed by atoms with Crippen LogP contribution in [0.15, 0.2) is 66.9 Å². The second-order valence-corrected chi connectivity index (χ2v) is 3.14. The summed E-state index contributed by atoms with van der Waals surface area (Å²) in [6.45, 7) is 25.6. The number of rotatable bonds is 6. The van der Waals surface area contributed by atoms with E-state index in [0.717, 1.165) is 24.0 Å². The lowest BCUT2D eigenvalue weighted by molar-refractivity contribution is 0.942. The van der Waals surface area contributed by atoms with Gasteiger partial charge in [0.1, 0.15) is 0 Å². The van der Waals surface area contributed by atoms with Crippen molar-refractivity contribution < 1.29 is 0 Å². The van der Waals surface area contributed by atoms with E-state index in [-0.39, 0.29) is 0 Å². The number of allylic oxidation sites excluding steroid dienone is 3. The fourth-order valence-electron chi connectivity index (χ4n) is 0.935. The smallest absolute Gasteiger partial charge is 0.0624 e. The molecule has 0 aromatic heterocycles. The third kappa shape index (κ3) is 14.4. The molecule has 0 aliphatic heterocycles. The zero-order valence-corrected chi connectivity index (χ0v) is 12.6. The van der Waals surface area contributed by atoms with Gasteiger partial charge in [0.15, 0.2) is 0 Å². The summed E-state index contributed by atoms with van der Waals surface area (Å²) in [6.07, 6.45) is 7.65. The standard InChI is InChI=1S/C13H19N.C2H6.C2H4/c1-6-8-11(3)10-14-13(5)12(4)9-7-2;2*1-2/h7,9-10H,3-6,8H2,1-2H3;1-2H3;1-2H2/b9-7-,14-10?;;. The van der Waals surface area contributed by atoms with E-state index in [4.69, 9.17) is 0 Å². The van der Waals surface area contributed by atoms with E-state index in [1.165, 1.54) is 0 Å². The highest BCUT2D eigenvalue weighted by Crippen LogP contribution is 2.08. The minimum absolute atomic E-state index is 0.695. The average molecular weight is 247 g/mol. The van der Waals surface area contributed by atoms with Gasteiger partial charge in [-0.05, 0) is 24.5 Å². The predicted molar refractivity (Wildman–Crippen MR) is 88.2 cm³/mol. The van der Waals surface area contributed by atoms with Crippen LogP contribution in [-0.4, -0.2) is 6.21 Å². The highest BCUT2D eigenvalue weighted by atomic mass is 14.7. The molecule has 0 rings (SSSR count). The van der Waals surface area contributed by atoms with Gasteiger partial charge in [0.2, 0.25) is 0 Å². The summed E-state index contributed by atoms with van der Waals surface area (Å²) in [5.41, 5.74) is 2.57. The second-order valence-electron chi connectivity index (χ2n) is 3.14. The second kappa shape index (κ2) is 17.8. The minimum Gasteiger partial charge on any atom is -0.257 e. The molecule has 1 nitrogen and oxygen atoms in total. The van der Waals surface area contributed by atoms with Crippen molar-refractivity contribution in [3.8, 4) is 0 Å². The summed E-state index contributed by atoms with van der Waals surface area (Å²) in [4.78, 5) is 4.19. The van der Waals surface area contributed by atoms with Crippen LogP contribution >= 0.6 is 0 Å². The molecule has 0 amide bonds. The molecular formula is C17H29N. The van der Waals surface area contributed by atoms with Crippen molar-refractivity contribution >= 4 is 6.21 Å². The molecule has 0 saturated heterocycles. The Morgan fingerprint density at radius 1 is 1.11 bits per heavy atom. The molecule has 0 bridgehead atoms. The Balaban J connectivity index is -0.000000506. The molecule has 1 heteroatoms. The highest BCUT2D eigenvalue weighted by molar-refractivity contribution is 5.78. The Morgan fingerprint density at radius 3 is 2.00 bits per heavy atom. The molecule has 0 unspecified atom stereocenters. The molecule has 102 valence electrons. The maximum Gasteiger partial charge on any atom is 0.0624 e. The van der Waals surface area contributed by atoms with Crippen molar-refractivity contribution in [3.63, 3.8) is 0 Å². The van der Waals surface area contributed by atoms with E-state index in [2.05, 4.69) is 44.8 Å². The first kappa shape index (κ1) is 21.6. The minimum atomic E-state index is 0.695. The van der Waals surface area contributed by atoms with Crippen LogP contribution < -0.4 is 0 Å². The lowest BCUT2D eigenvalue weighted by atomic mass is 10.2. The first-order chi connectivity index (χ1) is 8.61.